The Bertz CT molecular complexity index is 309. The van der Waals surface area contributed by atoms with Gasteiger partial charge in [-0.3, -0.25) is 0 Å². The Balaban J connectivity index is 2.14. The van der Waals surface area contributed by atoms with E-state index >= 15 is 0 Å². The van der Waals surface area contributed by atoms with Crippen molar-refractivity contribution in [3.8, 4) is 0 Å². The second kappa shape index (κ2) is 5.85. The van der Waals surface area contributed by atoms with Gasteiger partial charge in [0.2, 0.25) is 0 Å². The van der Waals surface area contributed by atoms with E-state index in [0.717, 1.165) is 0 Å². The molecule has 8 heteroatoms. The van der Waals surface area contributed by atoms with E-state index in [1.54, 1.807) is 0 Å². The zero-order valence-electron chi connectivity index (χ0n) is 8.60. The van der Waals surface area contributed by atoms with E-state index in [1.807, 2.05) is 0 Å². The van der Waals surface area contributed by atoms with Crippen molar-refractivity contribution in [3.63, 3.8) is 0 Å². The van der Waals surface area contributed by atoms with E-state index in [-0.39, 0.29) is 24.7 Å². The molecular weight excluding hydrogens is 244 g/mol. The third kappa shape index (κ3) is 4.69. The molecule has 0 aromatic heterocycles. The van der Waals surface area contributed by atoms with Crippen LogP contribution in [0.4, 0.5) is 8.78 Å². The fourth-order valence-corrected chi connectivity index (χ4v) is 3.29. The molecule has 1 aliphatic rings. The average Bonchev–Trinajstić information content (AvgIpc) is 2.38. The van der Waals surface area contributed by atoms with Crippen molar-refractivity contribution < 1.29 is 27.0 Å². The number of nitrogens with one attached hydrogen (secondary N) is 1. The van der Waals surface area contributed by atoms with Crippen molar-refractivity contribution in [1.29, 1.82) is 0 Å². The minimum atomic E-state index is -3.17. The summed E-state index contributed by atoms with van der Waals surface area (Å²) in [6, 6.07) is -0.528. The lowest BCUT2D eigenvalue weighted by atomic mass is 10.2. The third-order valence-electron chi connectivity index (χ3n) is 2.22. The third-order valence-corrected chi connectivity index (χ3v) is 3.94. The molecule has 0 aromatic rings. The molecule has 96 valence electrons. The molecule has 2 atom stereocenters. The van der Waals surface area contributed by atoms with Crippen LogP contribution < -0.4 is 5.32 Å². The molecule has 0 spiro atoms. The van der Waals surface area contributed by atoms with E-state index in [4.69, 9.17) is 0 Å². The fraction of sp³-hybridized carbons (Fsp3) is 1.00. The Morgan fingerprint density at radius 1 is 1.44 bits per heavy atom. The van der Waals surface area contributed by atoms with E-state index in [2.05, 4.69) is 10.1 Å². The molecule has 1 fully saturated rings. The van der Waals surface area contributed by atoms with Crippen molar-refractivity contribution in [2.75, 3.05) is 31.3 Å². The second-order valence-corrected chi connectivity index (χ2v) is 5.82. The molecule has 0 saturated carbocycles. The van der Waals surface area contributed by atoms with Gasteiger partial charge in [-0.25, -0.2) is 17.2 Å². The number of hydrogen-bond acceptors (Lipinski definition) is 5. The number of alkyl halides is 2. The van der Waals surface area contributed by atoms with Crippen molar-refractivity contribution in [3.05, 3.63) is 0 Å². The maximum Gasteiger partial charge on any atom is 0.261 e. The van der Waals surface area contributed by atoms with Crippen molar-refractivity contribution >= 4 is 9.84 Å². The molecule has 1 saturated heterocycles. The highest BCUT2D eigenvalue weighted by Crippen LogP contribution is 2.11. The van der Waals surface area contributed by atoms with E-state index < -0.39 is 35.0 Å². The summed E-state index contributed by atoms with van der Waals surface area (Å²) in [7, 11) is -3.17. The Morgan fingerprint density at radius 2 is 2.12 bits per heavy atom. The molecule has 0 radical (unpaired) electrons. The maximum atomic E-state index is 11.7. The number of hydrogen-bond donors (Lipinski definition) is 2. The SMILES string of the molecule is O=S1(=O)CC(O)C(NCCOCC(F)F)C1. The molecular formula is C8H15F2NO4S. The molecule has 0 aromatic carbocycles. The lowest BCUT2D eigenvalue weighted by Gasteiger charge is -2.14. The van der Waals surface area contributed by atoms with Crippen LogP contribution in [0.2, 0.25) is 0 Å². The molecule has 0 aliphatic carbocycles. The smallest absolute Gasteiger partial charge is 0.261 e. The lowest BCUT2D eigenvalue weighted by molar-refractivity contribution is 0.0173. The van der Waals surface area contributed by atoms with Crippen LogP contribution in [0.25, 0.3) is 0 Å². The molecule has 1 heterocycles. The predicted octanol–water partition coefficient (Wildman–Crippen LogP) is -0.984. The summed E-state index contributed by atoms with van der Waals surface area (Å²) in [5, 5.41) is 12.1. The molecule has 16 heavy (non-hydrogen) atoms. The Morgan fingerprint density at radius 3 is 2.62 bits per heavy atom. The Hall–Kier alpha value is -0.310. The van der Waals surface area contributed by atoms with Gasteiger partial charge in [0, 0.05) is 12.6 Å². The van der Waals surface area contributed by atoms with Crippen molar-refractivity contribution in [2.24, 2.45) is 0 Å². The van der Waals surface area contributed by atoms with E-state index in [0.29, 0.717) is 0 Å². The average molecular weight is 259 g/mol. The second-order valence-electron chi connectivity index (χ2n) is 3.67. The highest BCUT2D eigenvalue weighted by Gasteiger charge is 2.35. The first-order valence-corrected chi connectivity index (χ1v) is 6.70. The summed E-state index contributed by atoms with van der Waals surface area (Å²) in [6.07, 6.45) is -3.43. The van der Waals surface area contributed by atoms with Gasteiger partial charge in [0.15, 0.2) is 9.84 Å². The Labute approximate surface area is 92.7 Å². The monoisotopic (exact) mass is 259 g/mol. The van der Waals surface area contributed by atoms with Crippen LogP contribution in [0.15, 0.2) is 0 Å². The largest absolute Gasteiger partial charge is 0.390 e. The van der Waals surface area contributed by atoms with Gasteiger partial charge in [-0.15, -0.1) is 0 Å². The van der Waals surface area contributed by atoms with Gasteiger partial charge in [-0.05, 0) is 0 Å². The normalized spacial score (nSPS) is 28.8. The molecule has 5 nitrogen and oxygen atoms in total. The van der Waals surface area contributed by atoms with Crippen molar-refractivity contribution in [2.45, 2.75) is 18.6 Å². The zero-order valence-corrected chi connectivity index (χ0v) is 9.42. The van der Waals surface area contributed by atoms with Gasteiger partial charge >= 0.3 is 0 Å². The van der Waals surface area contributed by atoms with Gasteiger partial charge in [-0.1, -0.05) is 0 Å². The number of aliphatic hydroxyl groups excluding tert-OH is 1. The minimum absolute atomic E-state index is 0.0631. The van der Waals surface area contributed by atoms with Crippen LogP contribution in [-0.2, 0) is 14.6 Å². The number of aliphatic hydroxyl groups is 1. The zero-order chi connectivity index (χ0) is 12.2. The first-order valence-electron chi connectivity index (χ1n) is 4.88. The first-order chi connectivity index (χ1) is 7.41. The van der Waals surface area contributed by atoms with E-state index in [1.165, 1.54) is 0 Å². The van der Waals surface area contributed by atoms with Gasteiger partial charge in [-0.2, -0.15) is 0 Å². The summed E-state index contributed by atoms with van der Waals surface area (Å²) in [5.74, 6) is -0.369. The standard InChI is InChI=1S/C8H15F2NO4S/c9-8(10)3-15-2-1-11-6-4-16(13,14)5-7(6)12/h6-8,11-12H,1-5H2. The molecule has 1 aliphatic heterocycles. The molecule has 2 unspecified atom stereocenters. The van der Waals surface area contributed by atoms with Gasteiger partial charge in [0.05, 0.1) is 24.2 Å². The van der Waals surface area contributed by atoms with Gasteiger partial charge in [0.25, 0.3) is 6.43 Å². The topological polar surface area (TPSA) is 75.6 Å². The fourth-order valence-electron chi connectivity index (χ4n) is 1.51. The summed E-state index contributed by atoms with van der Waals surface area (Å²) in [4.78, 5) is 0. The number of rotatable bonds is 6. The van der Waals surface area contributed by atoms with Crippen LogP contribution in [0.1, 0.15) is 0 Å². The number of halogens is 2. The van der Waals surface area contributed by atoms with Gasteiger partial charge < -0.3 is 15.2 Å². The number of ether oxygens (including phenoxy) is 1. The summed E-state index contributed by atoms with van der Waals surface area (Å²) in [6.45, 7) is -0.329. The molecule has 0 bridgehead atoms. The summed E-state index contributed by atoms with van der Waals surface area (Å²) in [5.41, 5.74) is 0. The molecule has 0 amide bonds. The van der Waals surface area contributed by atoms with Crippen LogP contribution in [0.5, 0.6) is 0 Å². The van der Waals surface area contributed by atoms with Crippen LogP contribution in [-0.4, -0.2) is 63.4 Å². The van der Waals surface area contributed by atoms with Crippen LogP contribution in [0, 0.1) is 0 Å². The van der Waals surface area contributed by atoms with Gasteiger partial charge in [0.1, 0.15) is 6.61 Å². The van der Waals surface area contributed by atoms with Crippen LogP contribution >= 0.6 is 0 Å². The van der Waals surface area contributed by atoms with E-state index in [9.17, 15) is 22.3 Å². The molecule has 2 N–H and O–H groups in total. The maximum absolute atomic E-state index is 11.7. The van der Waals surface area contributed by atoms with Crippen LogP contribution in [0.3, 0.4) is 0 Å². The summed E-state index contributed by atoms with van der Waals surface area (Å²) >= 11 is 0. The van der Waals surface area contributed by atoms with Crippen molar-refractivity contribution in [1.82, 2.24) is 5.32 Å². The Kier molecular flexibility index (Phi) is 5.03. The highest BCUT2D eigenvalue weighted by atomic mass is 32.2. The highest BCUT2D eigenvalue weighted by molar-refractivity contribution is 7.91. The lowest BCUT2D eigenvalue weighted by Crippen LogP contribution is -2.40. The predicted molar refractivity (Wildman–Crippen MR) is 53.3 cm³/mol. The minimum Gasteiger partial charge on any atom is -0.390 e. The number of sulfone groups is 1. The first kappa shape index (κ1) is 13.8. The molecule has 1 rings (SSSR count). The summed E-state index contributed by atoms with van der Waals surface area (Å²) < 4.78 is 50.1. The quantitative estimate of drug-likeness (QED) is 0.599.